The summed E-state index contributed by atoms with van der Waals surface area (Å²) in [4.78, 5) is 14.2. The van der Waals surface area contributed by atoms with Crippen LogP contribution in [0.4, 0.5) is 5.69 Å². The van der Waals surface area contributed by atoms with Crippen molar-refractivity contribution in [3.63, 3.8) is 0 Å². The van der Waals surface area contributed by atoms with Gasteiger partial charge in [-0.3, -0.25) is 4.79 Å². The number of hydrogen-bond donors (Lipinski definition) is 0. The molecule has 2 nitrogen and oxygen atoms in total. The van der Waals surface area contributed by atoms with Crippen LogP contribution in [0.15, 0.2) is 24.3 Å². The highest BCUT2D eigenvalue weighted by Crippen LogP contribution is 2.29. The minimum atomic E-state index is 0.241. The molecule has 0 heterocycles. The van der Waals surface area contributed by atoms with Gasteiger partial charge < -0.3 is 4.90 Å². The van der Waals surface area contributed by atoms with Gasteiger partial charge >= 0.3 is 0 Å². The molecule has 2 rings (SSSR count). The van der Waals surface area contributed by atoms with E-state index >= 15 is 0 Å². The second kappa shape index (κ2) is 5.35. The lowest BCUT2D eigenvalue weighted by Gasteiger charge is -2.28. The first kappa shape index (κ1) is 12.2. The lowest BCUT2D eigenvalue weighted by molar-refractivity contribution is 0.0988. The minimum absolute atomic E-state index is 0.241. The molecule has 1 fully saturated rings. The van der Waals surface area contributed by atoms with E-state index in [1.165, 1.54) is 25.7 Å². The van der Waals surface area contributed by atoms with Gasteiger partial charge in [0.1, 0.15) is 0 Å². The SMILES string of the molecule is CCC(=O)c1ccccc1N(C)C1CCCC1. The van der Waals surface area contributed by atoms with Crippen LogP contribution >= 0.6 is 0 Å². The fourth-order valence-corrected chi connectivity index (χ4v) is 2.70. The van der Waals surface area contributed by atoms with Crippen molar-refractivity contribution in [2.45, 2.75) is 45.1 Å². The second-order valence-corrected chi connectivity index (χ2v) is 4.84. The number of benzene rings is 1. The summed E-state index contributed by atoms with van der Waals surface area (Å²) in [6.45, 7) is 1.93. The normalized spacial score (nSPS) is 16.1. The van der Waals surface area contributed by atoms with Gasteiger partial charge in [0.25, 0.3) is 0 Å². The maximum absolute atomic E-state index is 11.9. The predicted molar refractivity (Wildman–Crippen MR) is 71.7 cm³/mol. The summed E-state index contributed by atoms with van der Waals surface area (Å²) in [6, 6.07) is 8.61. The van der Waals surface area contributed by atoms with Crippen LogP contribution in [0.25, 0.3) is 0 Å². The number of Topliss-reactive ketones (excluding diaryl/α,β-unsaturated/α-hetero) is 1. The predicted octanol–water partition coefficient (Wildman–Crippen LogP) is 3.66. The van der Waals surface area contributed by atoms with E-state index in [0.717, 1.165) is 11.3 Å². The lowest BCUT2D eigenvalue weighted by atomic mass is 10.0. The second-order valence-electron chi connectivity index (χ2n) is 4.84. The molecule has 1 aliphatic carbocycles. The number of carbonyl (C=O) groups is 1. The molecule has 0 saturated heterocycles. The zero-order valence-corrected chi connectivity index (χ0v) is 10.8. The summed E-state index contributed by atoms with van der Waals surface area (Å²) in [6.07, 6.45) is 5.73. The number of carbonyl (C=O) groups excluding carboxylic acids is 1. The number of rotatable bonds is 4. The van der Waals surface area contributed by atoms with Gasteiger partial charge in [-0.2, -0.15) is 0 Å². The van der Waals surface area contributed by atoms with E-state index < -0.39 is 0 Å². The van der Waals surface area contributed by atoms with Gasteiger partial charge in [0, 0.05) is 30.8 Å². The van der Waals surface area contributed by atoms with Crippen molar-refractivity contribution >= 4 is 11.5 Å². The average Bonchev–Trinajstić information content (AvgIpc) is 2.91. The van der Waals surface area contributed by atoms with Gasteiger partial charge in [-0.1, -0.05) is 31.9 Å². The Morgan fingerprint density at radius 1 is 1.29 bits per heavy atom. The van der Waals surface area contributed by atoms with Crippen molar-refractivity contribution in [3.8, 4) is 0 Å². The maximum atomic E-state index is 11.9. The molecule has 0 spiro atoms. The smallest absolute Gasteiger partial charge is 0.164 e. The third-order valence-electron chi connectivity index (χ3n) is 3.78. The lowest BCUT2D eigenvalue weighted by Crippen LogP contribution is -2.30. The van der Waals surface area contributed by atoms with Crippen molar-refractivity contribution in [1.82, 2.24) is 0 Å². The highest BCUT2D eigenvalue weighted by molar-refractivity contribution is 6.01. The molecular formula is C15H21NO. The van der Waals surface area contributed by atoms with Gasteiger partial charge in [-0.05, 0) is 25.0 Å². The molecular weight excluding hydrogens is 210 g/mol. The van der Waals surface area contributed by atoms with Gasteiger partial charge in [0.15, 0.2) is 5.78 Å². The number of ketones is 1. The quantitative estimate of drug-likeness (QED) is 0.737. The summed E-state index contributed by atoms with van der Waals surface area (Å²) in [5.41, 5.74) is 1.98. The van der Waals surface area contributed by atoms with Crippen LogP contribution in [0.5, 0.6) is 0 Å². The monoisotopic (exact) mass is 231 g/mol. The summed E-state index contributed by atoms with van der Waals surface area (Å²) in [5.74, 6) is 0.241. The topological polar surface area (TPSA) is 20.3 Å². The highest BCUT2D eigenvalue weighted by atomic mass is 16.1. The molecule has 17 heavy (non-hydrogen) atoms. The first-order valence-corrected chi connectivity index (χ1v) is 6.59. The van der Waals surface area contributed by atoms with Crippen molar-refractivity contribution in [3.05, 3.63) is 29.8 Å². The first-order valence-electron chi connectivity index (χ1n) is 6.59. The maximum Gasteiger partial charge on any atom is 0.164 e. The molecule has 1 aromatic carbocycles. The molecule has 0 bridgehead atoms. The molecule has 0 aromatic heterocycles. The Hall–Kier alpha value is -1.31. The molecule has 1 aromatic rings. The zero-order valence-electron chi connectivity index (χ0n) is 10.8. The van der Waals surface area contributed by atoms with Crippen LogP contribution < -0.4 is 4.90 Å². The fraction of sp³-hybridized carbons (Fsp3) is 0.533. The Morgan fingerprint density at radius 3 is 2.59 bits per heavy atom. The van der Waals surface area contributed by atoms with Crippen LogP contribution in [0.3, 0.4) is 0 Å². The van der Waals surface area contributed by atoms with Crippen LogP contribution in [-0.4, -0.2) is 18.9 Å². The van der Waals surface area contributed by atoms with Gasteiger partial charge in [0.05, 0.1) is 0 Å². The number of hydrogen-bond acceptors (Lipinski definition) is 2. The Bertz CT molecular complexity index is 394. The highest BCUT2D eigenvalue weighted by Gasteiger charge is 2.22. The molecule has 92 valence electrons. The largest absolute Gasteiger partial charge is 0.371 e. The molecule has 0 atom stereocenters. The van der Waals surface area contributed by atoms with Crippen LogP contribution in [0.1, 0.15) is 49.4 Å². The fourth-order valence-electron chi connectivity index (χ4n) is 2.70. The van der Waals surface area contributed by atoms with E-state index in [1.54, 1.807) is 0 Å². The molecule has 0 N–H and O–H groups in total. The van der Waals surface area contributed by atoms with E-state index in [4.69, 9.17) is 0 Å². The minimum Gasteiger partial charge on any atom is -0.371 e. The van der Waals surface area contributed by atoms with Gasteiger partial charge in [-0.25, -0.2) is 0 Å². The van der Waals surface area contributed by atoms with Crippen LogP contribution in [0, 0.1) is 0 Å². The summed E-state index contributed by atoms with van der Waals surface area (Å²) >= 11 is 0. The van der Waals surface area contributed by atoms with Gasteiger partial charge in [-0.15, -0.1) is 0 Å². The average molecular weight is 231 g/mol. The van der Waals surface area contributed by atoms with Crippen molar-refractivity contribution in [1.29, 1.82) is 0 Å². The van der Waals surface area contributed by atoms with E-state index in [-0.39, 0.29) is 5.78 Å². The Morgan fingerprint density at radius 2 is 1.94 bits per heavy atom. The number of nitrogens with zero attached hydrogens (tertiary/aromatic N) is 1. The number of anilines is 1. The van der Waals surface area contributed by atoms with Crippen molar-refractivity contribution in [2.75, 3.05) is 11.9 Å². The third-order valence-corrected chi connectivity index (χ3v) is 3.78. The molecule has 0 aliphatic heterocycles. The van der Waals surface area contributed by atoms with Crippen molar-refractivity contribution < 1.29 is 4.79 Å². The van der Waals surface area contributed by atoms with E-state index in [2.05, 4.69) is 18.0 Å². The third kappa shape index (κ3) is 2.51. The standard InChI is InChI=1S/C15H21NO/c1-3-15(17)13-10-6-7-11-14(13)16(2)12-8-4-5-9-12/h6-7,10-12H,3-5,8-9H2,1-2H3. The van der Waals surface area contributed by atoms with E-state index in [1.807, 2.05) is 25.1 Å². The zero-order chi connectivity index (χ0) is 12.3. The Kier molecular flexibility index (Phi) is 3.82. The van der Waals surface area contributed by atoms with Gasteiger partial charge in [0.2, 0.25) is 0 Å². The van der Waals surface area contributed by atoms with E-state index in [0.29, 0.717) is 12.5 Å². The Balaban J connectivity index is 2.27. The molecule has 0 unspecified atom stereocenters. The first-order chi connectivity index (χ1) is 8.24. The molecule has 0 amide bonds. The van der Waals surface area contributed by atoms with Crippen molar-refractivity contribution in [2.24, 2.45) is 0 Å². The number of para-hydroxylation sites is 1. The van der Waals surface area contributed by atoms with E-state index in [9.17, 15) is 4.79 Å². The Labute approximate surface area is 104 Å². The summed E-state index contributed by atoms with van der Waals surface area (Å²) in [7, 11) is 2.12. The van der Waals surface area contributed by atoms with Crippen LogP contribution in [-0.2, 0) is 0 Å². The molecule has 0 radical (unpaired) electrons. The summed E-state index contributed by atoms with van der Waals surface area (Å²) < 4.78 is 0. The summed E-state index contributed by atoms with van der Waals surface area (Å²) in [5, 5.41) is 0. The molecule has 1 saturated carbocycles. The molecule has 1 aliphatic rings. The molecule has 2 heteroatoms. The van der Waals surface area contributed by atoms with Crippen LogP contribution in [0.2, 0.25) is 0 Å².